The van der Waals surface area contributed by atoms with Gasteiger partial charge in [0.25, 0.3) is 0 Å². The highest BCUT2D eigenvalue weighted by Crippen LogP contribution is 2.25. The Hall–Kier alpha value is -2.21. The van der Waals surface area contributed by atoms with Gasteiger partial charge < -0.3 is 15.8 Å². The first-order chi connectivity index (χ1) is 9.11. The van der Waals surface area contributed by atoms with Crippen LogP contribution in [-0.4, -0.2) is 22.8 Å². The first-order valence-corrected chi connectivity index (χ1v) is 6.03. The number of hydrogen-bond acceptors (Lipinski definition) is 5. The van der Waals surface area contributed by atoms with Crippen molar-refractivity contribution in [3.05, 3.63) is 34.9 Å². The first kappa shape index (κ1) is 13.2. The summed E-state index contributed by atoms with van der Waals surface area (Å²) in [6, 6.07) is 7.04. The minimum atomic E-state index is -0.529. The van der Waals surface area contributed by atoms with E-state index < -0.39 is 5.97 Å². The zero-order valence-corrected chi connectivity index (χ0v) is 11.0. The van der Waals surface area contributed by atoms with Gasteiger partial charge in [0.2, 0.25) is 0 Å². The van der Waals surface area contributed by atoms with Gasteiger partial charge in [0, 0.05) is 10.7 Å². The predicted octanol–water partition coefficient (Wildman–Crippen LogP) is 2.57. The first-order valence-electron chi connectivity index (χ1n) is 5.65. The number of halogens is 1. The molecule has 0 aliphatic rings. The summed E-state index contributed by atoms with van der Waals surface area (Å²) in [4.78, 5) is 11.8. The van der Waals surface area contributed by atoms with E-state index in [1.54, 1.807) is 31.2 Å². The third-order valence-corrected chi connectivity index (χ3v) is 2.60. The summed E-state index contributed by atoms with van der Waals surface area (Å²) in [5, 5.41) is 10.0. The van der Waals surface area contributed by atoms with Crippen molar-refractivity contribution in [2.24, 2.45) is 0 Å². The number of aromatic nitrogens is 2. The Morgan fingerprint density at radius 3 is 3.05 bits per heavy atom. The Kier molecular flexibility index (Phi) is 3.91. The van der Waals surface area contributed by atoms with Crippen LogP contribution in [0.15, 0.2) is 24.3 Å². The molecule has 7 heteroatoms. The Bertz CT molecular complexity index is 597. The van der Waals surface area contributed by atoms with Gasteiger partial charge >= 0.3 is 5.97 Å². The number of nitrogens with zero attached hydrogens (tertiary/aromatic N) is 1. The van der Waals surface area contributed by atoms with E-state index in [9.17, 15) is 4.79 Å². The maximum Gasteiger partial charge on any atom is 0.345 e. The summed E-state index contributed by atoms with van der Waals surface area (Å²) in [6.07, 6.45) is 0. The molecule has 0 aliphatic carbocycles. The number of carbonyl (C=O) groups excluding carboxylic acids is 1. The average Bonchev–Trinajstić information content (AvgIpc) is 2.71. The summed E-state index contributed by atoms with van der Waals surface area (Å²) in [5.41, 5.74) is 6.55. The van der Waals surface area contributed by atoms with E-state index in [1.165, 1.54) is 0 Å². The van der Waals surface area contributed by atoms with Crippen molar-refractivity contribution < 1.29 is 9.53 Å². The number of nitrogen functional groups attached to an aromatic ring is 1. The molecule has 6 nitrogen and oxygen atoms in total. The monoisotopic (exact) mass is 280 g/mol. The van der Waals surface area contributed by atoms with Gasteiger partial charge in [-0.2, -0.15) is 5.10 Å². The van der Waals surface area contributed by atoms with Gasteiger partial charge in [-0.3, -0.25) is 5.10 Å². The van der Waals surface area contributed by atoms with Crippen molar-refractivity contribution in [2.45, 2.75) is 6.92 Å². The zero-order chi connectivity index (χ0) is 13.8. The number of nitrogens with one attached hydrogen (secondary N) is 2. The molecule has 0 spiro atoms. The topological polar surface area (TPSA) is 93.0 Å². The molecule has 4 N–H and O–H groups in total. The maximum absolute atomic E-state index is 11.8. The normalized spacial score (nSPS) is 10.2. The van der Waals surface area contributed by atoms with Crippen molar-refractivity contribution >= 4 is 34.9 Å². The fourth-order valence-electron chi connectivity index (χ4n) is 1.56. The molecule has 0 radical (unpaired) electrons. The smallest absolute Gasteiger partial charge is 0.345 e. The van der Waals surface area contributed by atoms with Gasteiger partial charge in [-0.25, -0.2) is 4.79 Å². The SMILES string of the molecule is CCOC(=O)c1c(Nc2cccc(Cl)c2)n[nH]c1N. The van der Waals surface area contributed by atoms with Crippen LogP contribution < -0.4 is 11.1 Å². The number of benzene rings is 1. The van der Waals surface area contributed by atoms with Crippen LogP contribution in [0.4, 0.5) is 17.3 Å². The second kappa shape index (κ2) is 5.62. The zero-order valence-electron chi connectivity index (χ0n) is 10.2. The van der Waals surface area contributed by atoms with Gasteiger partial charge in [0.15, 0.2) is 5.82 Å². The minimum absolute atomic E-state index is 0.156. The number of nitrogens with two attached hydrogens (primary N) is 1. The standard InChI is InChI=1S/C12H13ClN4O2/c1-2-19-12(18)9-10(14)16-17-11(9)15-8-5-3-4-7(13)6-8/h3-6H,2H2,1H3,(H4,14,15,16,17). The van der Waals surface area contributed by atoms with Crippen LogP contribution in [0, 0.1) is 0 Å². The fraction of sp³-hybridized carbons (Fsp3) is 0.167. The molecule has 19 heavy (non-hydrogen) atoms. The molecule has 1 heterocycles. The van der Waals surface area contributed by atoms with Crippen molar-refractivity contribution in [1.82, 2.24) is 10.2 Å². The van der Waals surface area contributed by atoms with E-state index >= 15 is 0 Å². The van der Waals surface area contributed by atoms with E-state index in [4.69, 9.17) is 22.1 Å². The molecule has 0 fully saturated rings. The van der Waals surface area contributed by atoms with Crippen LogP contribution in [0.25, 0.3) is 0 Å². The van der Waals surface area contributed by atoms with Crippen LogP contribution in [0.2, 0.25) is 5.02 Å². The third-order valence-electron chi connectivity index (χ3n) is 2.36. The van der Waals surface area contributed by atoms with E-state index in [1.807, 2.05) is 0 Å². The Morgan fingerprint density at radius 1 is 1.58 bits per heavy atom. The van der Waals surface area contributed by atoms with Crippen LogP contribution in [0.5, 0.6) is 0 Å². The van der Waals surface area contributed by atoms with Crippen molar-refractivity contribution in [2.75, 3.05) is 17.7 Å². The highest BCUT2D eigenvalue weighted by atomic mass is 35.5. The molecule has 0 amide bonds. The number of hydrogen-bond donors (Lipinski definition) is 3. The summed E-state index contributed by atoms with van der Waals surface area (Å²) in [6.45, 7) is 1.98. The Morgan fingerprint density at radius 2 is 2.37 bits per heavy atom. The number of carbonyl (C=O) groups is 1. The van der Waals surface area contributed by atoms with Crippen molar-refractivity contribution in [1.29, 1.82) is 0 Å². The lowest BCUT2D eigenvalue weighted by molar-refractivity contribution is 0.0529. The average molecular weight is 281 g/mol. The largest absolute Gasteiger partial charge is 0.462 e. The molecule has 2 aromatic rings. The summed E-state index contributed by atoms with van der Waals surface area (Å²) >= 11 is 5.88. The van der Waals surface area contributed by atoms with Crippen molar-refractivity contribution in [3.63, 3.8) is 0 Å². The number of ether oxygens (including phenoxy) is 1. The minimum Gasteiger partial charge on any atom is -0.462 e. The number of H-pyrrole nitrogens is 1. The molecule has 0 bridgehead atoms. The molecule has 2 rings (SSSR count). The van der Waals surface area contributed by atoms with E-state index in [0.717, 1.165) is 0 Å². The van der Waals surface area contributed by atoms with Gasteiger partial charge in [-0.05, 0) is 25.1 Å². The number of aromatic amines is 1. The van der Waals surface area contributed by atoms with E-state index in [-0.39, 0.29) is 18.0 Å². The molecule has 1 aromatic carbocycles. The number of rotatable bonds is 4. The molecule has 0 atom stereocenters. The van der Waals surface area contributed by atoms with Crippen LogP contribution >= 0.6 is 11.6 Å². The maximum atomic E-state index is 11.8. The molecular formula is C12H13ClN4O2. The van der Waals surface area contributed by atoms with Gasteiger partial charge in [0.05, 0.1) is 6.61 Å². The Labute approximate surface area is 114 Å². The van der Waals surface area contributed by atoms with Crippen LogP contribution in [-0.2, 0) is 4.74 Å². The quantitative estimate of drug-likeness (QED) is 0.749. The van der Waals surface area contributed by atoms with Crippen LogP contribution in [0.1, 0.15) is 17.3 Å². The number of anilines is 3. The van der Waals surface area contributed by atoms with Crippen LogP contribution in [0.3, 0.4) is 0 Å². The lowest BCUT2D eigenvalue weighted by Crippen LogP contribution is -2.08. The summed E-state index contributed by atoms with van der Waals surface area (Å²) in [7, 11) is 0. The van der Waals surface area contributed by atoms with E-state index in [2.05, 4.69) is 15.5 Å². The second-order valence-electron chi connectivity index (χ2n) is 3.72. The Balaban J connectivity index is 2.28. The molecule has 1 aromatic heterocycles. The lowest BCUT2D eigenvalue weighted by atomic mass is 10.2. The molecule has 0 saturated carbocycles. The predicted molar refractivity (Wildman–Crippen MR) is 73.7 cm³/mol. The lowest BCUT2D eigenvalue weighted by Gasteiger charge is -2.06. The molecule has 0 unspecified atom stereocenters. The fourth-order valence-corrected chi connectivity index (χ4v) is 1.75. The molecule has 0 saturated heterocycles. The van der Waals surface area contributed by atoms with Gasteiger partial charge in [-0.15, -0.1) is 0 Å². The highest BCUT2D eigenvalue weighted by molar-refractivity contribution is 6.30. The van der Waals surface area contributed by atoms with Gasteiger partial charge in [0.1, 0.15) is 11.4 Å². The van der Waals surface area contributed by atoms with Crippen molar-refractivity contribution in [3.8, 4) is 0 Å². The summed E-state index contributed by atoms with van der Waals surface area (Å²) < 4.78 is 4.92. The third kappa shape index (κ3) is 2.97. The van der Waals surface area contributed by atoms with E-state index in [0.29, 0.717) is 16.5 Å². The van der Waals surface area contributed by atoms with Gasteiger partial charge in [-0.1, -0.05) is 17.7 Å². The highest BCUT2D eigenvalue weighted by Gasteiger charge is 2.20. The molecule has 100 valence electrons. The molecule has 0 aliphatic heterocycles. The summed E-state index contributed by atoms with van der Waals surface area (Å²) in [5.74, 6) is -0.0699. The second-order valence-corrected chi connectivity index (χ2v) is 4.15. The number of esters is 1. The molecular weight excluding hydrogens is 268 g/mol.